The summed E-state index contributed by atoms with van der Waals surface area (Å²) in [4.78, 5) is 0. The summed E-state index contributed by atoms with van der Waals surface area (Å²) < 4.78 is 11.0. The highest BCUT2D eigenvalue weighted by molar-refractivity contribution is 4.60. The van der Waals surface area contributed by atoms with E-state index in [9.17, 15) is 0 Å². The molecule has 0 radical (unpaired) electrons. The summed E-state index contributed by atoms with van der Waals surface area (Å²) in [5.74, 6) is 0. The lowest BCUT2D eigenvalue weighted by molar-refractivity contribution is -0.0912. The van der Waals surface area contributed by atoms with Crippen molar-refractivity contribution in [2.45, 2.75) is 64.4 Å². The second-order valence-electron chi connectivity index (χ2n) is 4.48. The monoisotopic (exact) mass is 214 g/mol. The average Bonchev–Trinajstić information content (AvgIpc) is 2.29. The molecule has 1 aliphatic rings. The second kappa shape index (κ2) is 9.17. The molecule has 2 heteroatoms. The molecule has 0 saturated carbocycles. The smallest absolute Gasteiger partial charge is 0.0809 e. The van der Waals surface area contributed by atoms with E-state index in [0.29, 0.717) is 6.10 Å². The van der Waals surface area contributed by atoms with Gasteiger partial charge in [0.15, 0.2) is 0 Å². The van der Waals surface area contributed by atoms with E-state index >= 15 is 0 Å². The molecule has 0 aromatic rings. The Labute approximate surface area is 94.3 Å². The van der Waals surface area contributed by atoms with E-state index < -0.39 is 0 Å². The molecule has 1 fully saturated rings. The minimum atomic E-state index is 0.384. The van der Waals surface area contributed by atoms with Crippen molar-refractivity contribution in [2.24, 2.45) is 0 Å². The van der Waals surface area contributed by atoms with Crippen LogP contribution in [0.25, 0.3) is 0 Å². The number of ether oxygens (including phenoxy) is 2. The molecule has 0 aromatic heterocycles. The van der Waals surface area contributed by atoms with Crippen LogP contribution in [0.15, 0.2) is 0 Å². The molecule has 0 aromatic carbocycles. The maximum atomic E-state index is 5.60. The Balaban J connectivity index is 1.79. The first kappa shape index (κ1) is 13.0. The van der Waals surface area contributed by atoms with Gasteiger partial charge in [-0.25, -0.2) is 0 Å². The minimum Gasteiger partial charge on any atom is -0.376 e. The summed E-state index contributed by atoms with van der Waals surface area (Å²) in [6.45, 7) is 4.66. The number of rotatable bonds is 8. The number of hydrogen-bond donors (Lipinski definition) is 0. The maximum Gasteiger partial charge on any atom is 0.0809 e. The standard InChI is InChI=1S/C13H26O2/c1-2-3-4-5-6-7-8-9-13-12-14-10-11-15-13/h13H,2-12H2,1H3. The van der Waals surface area contributed by atoms with Crippen LogP contribution in [-0.2, 0) is 9.47 Å². The normalized spacial score (nSPS) is 21.8. The molecule has 0 amide bonds. The third-order valence-corrected chi connectivity index (χ3v) is 3.01. The minimum absolute atomic E-state index is 0.384. The third kappa shape index (κ3) is 6.91. The average molecular weight is 214 g/mol. The van der Waals surface area contributed by atoms with Crippen molar-refractivity contribution in [1.82, 2.24) is 0 Å². The lowest BCUT2D eigenvalue weighted by Crippen LogP contribution is -2.28. The van der Waals surface area contributed by atoms with E-state index in [-0.39, 0.29) is 0 Å². The fourth-order valence-corrected chi connectivity index (χ4v) is 2.03. The quantitative estimate of drug-likeness (QED) is 0.575. The molecule has 0 aliphatic carbocycles. The van der Waals surface area contributed by atoms with E-state index in [1.54, 1.807) is 0 Å². The molecule has 90 valence electrons. The van der Waals surface area contributed by atoms with Gasteiger partial charge in [0.1, 0.15) is 0 Å². The first-order chi connectivity index (χ1) is 7.43. The van der Waals surface area contributed by atoms with Gasteiger partial charge in [0.2, 0.25) is 0 Å². The molecule has 1 rings (SSSR count). The van der Waals surface area contributed by atoms with Crippen LogP contribution >= 0.6 is 0 Å². The van der Waals surface area contributed by atoms with Crippen LogP contribution in [0, 0.1) is 0 Å². The van der Waals surface area contributed by atoms with Crippen LogP contribution in [0.4, 0.5) is 0 Å². The lowest BCUT2D eigenvalue weighted by atomic mass is 10.1. The van der Waals surface area contributed by atoms with E-state index in [2.05, 4.69) is 6.92 Å². The highest BCUT2D eigenvalue weighted by Crippen LogP contribution is 2.12. The first-order valence-corrected chi connectivity index (χ1v) is 6.63. The summed E-state index contributed by atoms with van der Waals surface area (Å²) in [6.07, 6.45) is 11.2. The molecule has 1 aliphatic heterocycles. The van der Waals surface area contributed by atoms with Gasteiger partial charge in [0.05, 0.1) is 25.9 Å². The zero-order valence-corrected chi connectivity index (χ0v) is 10.2. The number of hydrogen-bond acceptors (Lipinski definition) is 2. The van der Waals surface area contributed by atoms with Gasteiger partial charge in [-0.1, -0.05) is 51.9 Å². The van der Waals surface area contributed by atoms with Crippen LogP contribution in [0.2, 0.25) is 0 Å². The van der Waals surface area contributed by atoms with E-state index in [1.807, 2.05) is 0 Å². The molecule has 0 bridgehead atoms. The van der Waals surface area contributed by atoms with Gasteiger partial charge < -0.3 is 9.47 Å². The summed E-state index contributed by atoms with van der Waals surface area (Å²) in [7, 11) is 0. The van der Waals surface area contributed by atoms with Gasteiger partial charge in [-0.3, -0.25) is 0 Å². The zero-order valence-electron chi connectivity index (χ0n) is 10.2. The highest BCUT2D eigenvalue weighted by Gasteiger charge is 2.12. The maximum absolute atomic E-state index is 5.60. The molecule has 1 unspecified atom stereocenters. The van der Waals surface area contributed by atoms with E-state index in [0.717, 1.165) is 19.8 Å². The van der Waals surface area contributed by atoms with Gasteiger partial charge in [0, 0.05) is 0 Å². The SMILES string of the molecule is CCCCCCCCCC1COCCO1. The summed E-state index contributed by atoms with van der Waals surface area (Å²) >= 11 is 0. The largest absolute Gasteiger partial charge is 0.376 e. The Morgan fingerprint density at radius 2 is 1.67 bits per heavy atom. The highest BCUT2D eigenvalue weighted by atomic mass is 16.6. The summed E-state index contributed by atoms with van der Waals surface area (Å²) in [5, 5.41) is 0. The van der Waals surface area contributed by atoms with E-state index in [1.165, 1.54) is 51.4 Å². The zero-order chi connectivity index (χ0) is 10.8. The van der Waals surface area contributed by atoms with Gasteiger partial charge in [-0.2, -0.15) is 0 Å². The predicted octanol–water partition coefficient (Wildman–Crippen LogP) is 3.54. The van der Waals surface area contributed by atoms with Crippen LogP contribution in [-0.4, -0.2) is 25.9 Å². The van der Waals surface area contributed by atoms with Gasteiger partial charge in [-0.05, 0) is 6.42 Å². The molecular weight excluding hydrogens is 188 g/mol. The van der Waals surface area contributed by atoms with Gasteiger partial charge in [0.25, 0.3) is 0 Å². The predicted molar refractivity (Wildman–Crippen MR) is 63.2 cm³/mol. The van der Waals surface area contributed by atoms with Crippen LogP contribution in [0.3, 0.4) is 0 Å². The molecule has 2 nitrogen and oxygen atoms in total. The van der Waals surface area contributed by atoms with Crippen LogP contribution in [0.1, 0.15) is 58.3 Å². The molecule has 0 N–H and O–H groups in total. The van der Waals surface area contributed by atoms with Crippen LogP contribution < -0.4 is 0 Å². The Kier molecular flexibility index (Phi) is 7.94. The molecule has 1 saturated heterocycles. The van der Waals surface area contributed by atoms with Crippen molar-refractivity contribution in [3.05, 3.63) is 0 Å². The van der Waals surface area contributed by atoms with Gasteiger partial charge in [-0.15, -0.1) is 0 Å². The molecule has 1 heterocycles. The van der Waals surface area contributed by atoms with Crippen molar-refractivity contribution in [1.29, 1.82) is 0 Å². The molecular formula is C13H26O2. The molecule has 1 atom stereocenters. The van der Waals surface area contributed by atoms with Crippen molar-refractivity contribution in [3.63, 3.8) is 0 Å². The Hall–Kier alpha value is -0.0800. The van der Waals surface area contributed by atoms with Crippen molar-refractivity contribution in [3.8, 4) is 0 Å². The fraction of sp³-hybridized carbons (Fsp3) is 1.00. The van der Waals surface area contributed by atoms with Crippen molar-refractivity contribution in [2.75, 3.05) is 19.8 Å². The second-order valence-corrected chi connectivity index (χ2v) is 4.48. The molecule has 0 spiro atoms. The van der Waals surface area contributed by atoms with Gasteiger partial charge >= 0.3 is 0 Å². The Morgan fingerprint density at radius 3 is 2.33 bits per heavy atom. The fourth-order valence-electron chi connectivity index (χ4n) is 2.03. The van der Waals surface area contributed by atoms with Crippen molar-refractivity contribution < 1.29 is 9.47 Å². The Morgan fingerprint density at radius 1 is 0.933 bits per heavy atom. The first-order valence-electron chi connectivity index (χ1n) is 6.63. The summed E-state index contributed by atoms with van der Waals surface area (Å²) in [6, 6.07) is 0. The Bertz CT molecular complexity index is 130. The lowest BCUT2D eigenvalue weighted by Gasteiger charge is -2.22. The summed E-state index contributed by atoms with van der Waals surface area (Å²) in [5.41, 5.74) is 0. The van der Waals surface area contributed by atoms with E-state index in [4.69, 9.17) is 9.47 Å². The third-order valence-electron chi connectivity index (χ3n) is 3.01. The number of unbranched alkanes of at least 4 members (excludes halogenated alkanes) is 6. The van der Waals surface area contributed by atoms with Crippen LogP contribution in [0.5, 0.6) is 0 Å². The topological polar surface area (TPSA) is 18.5 Å². The molecule has 15 heavy (non-hydrogen) atoms. The van der Waals surface area contributed by atoms with Crippen molar-refractivity contribution >= 4 is 0 Å².